The first kappa shape index (κ1) is 17.2. The zero-order chi connectivity index (χ0) is 21.4. The Labute approximate surface area is 180 Å². The molecule has 0 spiro atoms. The van der Waals surface area contributed by atoms with Crippen molar-refractivity contribution >= 4 is 16.6 Å². The van der Waals surface area contributed by atoms with Gasteiger partial charge in [-0.1, -0.05) is 18.2 Å². The second kappa shape index (κ2) is 6.03. The zero-order valence-corrected chi connectivity index (χ0v) is 17.2. The summed E-state index contributed by atoms with van der Waals surface area (Å²) in [5.41, 5.74) is 6.40. The average Bonchev–Trinajstić information content (AvgIpc) is 3.57. The van der Waals surface area contributed by atoms with Crippen LogP contribution in [0.5, 0.6) is 11.8 Å². The molecule has 6 aromatic rings. The standard InChI is InChI=1S/C22H17N9O/c1-11-16-17(12-7-25-30(2)9-12)18-20-26-19(14-8-23-15-6-4-3-5-13(14)15)29-31(20)10-24-21(18)32-22(16)28-27-11/h3-10,17,23H,1-2H3,(H,27,28). The minimum absolute atomic E-state index is 0.183. The lowest BCUT2D eigenvalue weighted by Crippen LogP contribution is -2.14. The minimum Gasteiger partial charge on any atom is -0.418 e. The van der Waals surface area contributed by atoms with E-state index in [0.29, 0.717) is 23.2 Å². The number of rotatable bonds is 2. The number of ether oxygens (including phenoxy) is 1. The molecule has 0 amide bonds. The summed E-state index contributed by atoms with van der Waals surface area (Å²) in [5, 5.41) is 17.6. The summed E-state index contributed by atoms with van der Waals surface area (Å²) < 4.78 is 9.56. The van der Waals surface area contributed by atoms with E-state index in [4.69, 9.17) is 14.8 Å². The SMILES string of the molecule is Cc1[nH]nc2c1C(c1cnn(C)c1)c1c(ncn3nc(-c4c[nH]c5ccccc45)nc13)O2. The maximum Gasteiger partial charge on any atom is 0.244 e. The lowest BCUT2D eigenvalue weighted by Gasteiger charge is -2.24. The Balaban J connectivity index is 1.50. The maximum absolute atomic E-state index is 6.07. The molecule has 156 valence electrons. The summed E-state index contributed by atoms with van der Waals surface area (Å²) in [6.07, 6.45) is 7.42. The van der Waals surface area contributed by atoms with E-state index in [1.54, 1.807) is 15.5 Å². The van der Waals surface area contributed by atoms with Crippen LogP contribution in [0.1, 0.15) is 28.3 Å². The van der Waals surface area contributed by atoms with Crippen LogP contribution < -0.4 is 4.74 Å². The second-order valence-corrected chi connectivity index (χ2v) is 7.96. The molecule has 1 aromatic carbocycles. The lowest BCUT2D eigenvalue weighted by molar-refractivity contribution is 0.416. The average molecular weight is 423 g/mol. The number of nitrogens with zero attached hydrogens (tertiary/aromatic N) is 7. The van der Waals surface area contributed by atoms with Crippen LogP contribution in [0.2, 0.25) is 0 Å². The molecule has 32 heavy (non-hydrogen) atoms. The van der Waals surface area contributed by atoms with Crippen molar-refractivity contribution < 1.29 is 4.74 Å². The van der Waals surface area contributed by atoms with Gasteiger partial charge in [0.15, 0.2) is 11.5 Å². The Morgan fingerprint density at radius 2 is 2.03 bits per heavy atom. The molecule has 0 bridgehead atoms. The third-order valence-electron chi connectivity index (χ3n) is 6.01. The number of hydrogen-bond donors (Lipinski definition) is 2. The monoisotopic (exact) mass is 423 g/mol. The van der Waals surface area contributed by atoms with E-state index in [-0.39, 0.29) is 5.92 Å². The molecule has 1 unspecified atom stereocenters. The lowest BCUT2D eigenvalue weighted by atomic mass is 9.86. The molecule has 0 radical (unpaired) electrons. The third-order valence-corrected chi connectivity index (χ3v) is 6.01. The molecular formula is C22H17N9O. The van der Waals surface area contributed by atoms with E-state index in [0.717, 1.165) is 38.9 Å². The topological polar surface area (TPSA) is 115 Å². The highest BCUT2D eigenvalue weighted by Crippen LogP contribution is 2.48. The van der Waals surface area contributed by atoms with Crippen molar-refractivity contribution in [3.8, 4) is 23.1 Å². The molecule has 0 aliphatic carbocycles. The summed E-state index contributed by atoms with van der Waals surface area (Å²) in [7, 11) is 1.90. The fourth-order valence-electron chi connectivity index (χ4n) is 4.56. The molecule has 0 saturated heterocycles. The second-order valence-electron chi connectivity index (χ2n) is 7.96. The van der Waals surface area contributed by atoms with E-state index in [1.165, 1.54) is 0 Å². The van der Waals surface area contributed by atoms with E-state index in [2.05, 4.69) is 31.3 Å². The van der Waals surface area contributed by atoms with Crippen molar-refractivity contribution in [1.29, 1.82) is 0 Å². The van der Waals surface area contributed by atoms with E-state index >= 15 is 0 Å². The van der Waals surface area contributed by atoms with Gasteiger partial charge in [0.05, 0.1) is 17.7 Å². The van der Waals surface area contributed by atoms with Crippen LogP contribution in [0.15, 0.2) is 49.2 Å². The quantitative estimate of drug-likeness (QED) is 0.441. The highest BCUT2D eigenvalue weighted by Gasteiger charge is 2.37. The predicted octanol–water partition coefficient (Wildman–Crippen LogP) is 3.32. The predicted molar refractivity (Wildman–Crippen MR) is 116 cm³/mol. The van der Waals surface area contributed by atoms with E-state index in [1.807, 2.05) is 50.8 Å². The molecule has 5 aromatic heterocycles. The van der Waals surface area contributed by atoms with Crippen LogP contribution in [-0.4, -0.2) is 44.5 Å². The Kier molecular flexibility index (Phi) is 3.25. The van der Waals surface area contributed by atoms with Crippen LogP contribution in [0, 0.1) is 6.92 Å². The molecule has 10 heteroatoms. The minimum atomic E-state index is -0.183. The van der Waals surface area contributed by atoms with Crippen molar-refractivity contribution in [2.45, 2.75) is 12.8 Å². The summed E-state index contributed by atoms with van der Waals surface area (Å²) in [6, 6.07) is 8.10. The Morgan fingerprint density at radius 3 is 2.91 bits per heavy atom. The number of nitrogens with one attached hydrogen (secondary N) is 2. The summed E-state index contributed by atoms with van der Waals surface area (Å²) in [6.45, 7) is 1.98. The van der Waals surface area contributed by atoms with Gasteiger partial charge in [-0.25, -0.2) is 14.5 Å². The Hall–Kier alpha value is -4.47. The normalized spacial score (nSPS) is 15.1. The molecule has 1 atom stereocenters. The van der Waals surface area contributed by atoms with Gasteiger partial charge in [0.25, 0.3) is 0 Å². The molecular weight excluding hydrogens is 406 g/mol. The van der Waals surface area contributed by atoms with Gasteiger partial charge in [0, 0.05) is 52.7 Å². The number of H-pyrrole nitrogens is 2. The highest BCUT2D eigenvalue weighted by molar-refractivity contribution is 5.94. The largest absolute Gasteiger partial charge is 0.418 e. The molecule has 0 fully saturated rings. The first-order chi connectivity index (χ1) is 15.7. The summed E-state index contributed by atoms with van der Waals surface area (Å²) in [4.78, 5) is 12.8. The fourth-order valence-corrected chi connectivity index (χ4v) is 4.56. The van der Waals surface area contributed by atoms with Crippen LogP contribution in [0.3, 0.4) is 0 Å². The number of aromatic amines is 2. The van der Waals surface area contributed by atoms with Crippen LogP contribution in [0.4, 0.5) is 0 Å². The number of aryl methyl sites for hydroxylation is 2. The molecule has 7 rings (SSSR count). The molecule has 2 N–H and O–H groups in total. The van der Waals surface area contributed by atoms with Crippen molar-refractivity contribution in [1.82, 2.24) is 44.5 Å². The van der Waals surface area contributed by atoms with Gasteiger partial charge < -0.3 is 9.72 Å². The van der Waals surface area contributed by atoms with Crippen LogP contribution >= 0.6 is 0 Å². The molecule has 6 heterocycles. The fraction of sp³-hybridized carbons (Fsp3) is 0.136. The van der Waals surface area contributed by atoms with Gasteiger partial charge in [-0.2, -0.15) is 5.10 Å². The van der Waals surface area contributed by atoms with Gasteiger partial charge in [-0.15, -0.1) is 10.2 Å². The smallest absolute Gasteiger partial charge is 0.244 e. The Morgan fingerprint density at radius 1 is 1.12 bits per heavy atom. The number of aromatic nitrogens is 9. The van der Waals surface area contributed by atoms with Crippen molar-refractivity contribution in [2.75, 3.05) is 0 Å². The summed E-state index contributed by atoms with van der Waals surface area (Å²) >= 11 is 0. The number of para-hydroxylation sites is 1. The summed E-state index contributed by atoms with van der Waals surface area (Å²) in [5.74, 6) is 1.44. The van der Waals surface area contributed by atoms with Crippen molar-refractivity contribution in [2.24, 2.45) is 7.05 Å². The number of benzene rings is 1. The first-order valence-corrected chi connectivity index (χ1v) is 10.2. The van der Waals surface area contributed by atoms with E-state index < -0.39 is 0 Å². The highest BCUT2D eigenvalue weighted by atomic mass is 16.5. The van der Waals surface area contributed by atoms with Gasteiger partial charge in [-0.3, -0.25) is 9.78 Å². The van der Waals surface area contributed by atoms with Gasteiger partial charge in [0.1, 0.15) is 6.33 Å². The van der Waals surface area contributed by atoms with E-state index in [9.17, 15) is 0 Å². The molecule has 1 aliphatic heterocycles. The zero-order valence-electron chi connectivity index (χ0n) is 17.2. The molecule has 10 nitrogen and oxygen atoms in total. The van der Waals surface area contributed by atoms with Gasteiger partial charge in [-0.05, 0) is 13.0 Å². The first-order valence-electron chi connectivity index (χ1n) is 10.2. The third kappa shape index (κ3) is 2.26. The van der Waals surface area contributed by atoms with Gasteiger partial charge >= 0.3 is 0 Å². The maximum atomic E-state index is 6.07. The number of fused-ring (bicyclic) bond motifs is 5. The van der Waals surface area contributed by atoms with Crippen LogP contribution in [-0.2, 0) is 7.05 Å². The van der Waals surface area contributed by atoms with Crippen molar-refractivity contribution in [3.63, 3.8) is 0 Å². The molecule has 0 saturated carbocycles. The molecule has 1 aliphatic rings. The van der Waals surface area contributed by atoms with Gasteiger partial charge in [0.2, 0.25) is 11.8 Å². The number of hydrogen-bond acceptors (Lipinski definition) is 6. The Bertz CT molecular complexity index is 1650. The van der Waals surface area contributed by atoms with Crippen LogP contribution in [0.25, 0.3) is 27.9 Å². The van der Waals surface area contributed by atoms with Crippen molar-refractivity contribution in [3.05, 3.63) is 71.6 Å².